The zero-order valence-electron chi connectivity index (χ0n) is 9.50. The van der Waals surface area contributed by atoms with Crippen molar-refractivity contribution in [3.05, 3.63) is 53.3 Å². The zero-order chi connectivity index (χ0) is 11.5. The summed E-state index contributed by atoms with van der Waals surface area (Å²) in [6, 6.07) is 10.8. The Morgan fingerprint density at radius 1 is 1.12 bits per heavy atom. The summed E-state index contributed by atoms with van der Waals surface area (Å²) in [6.07, 6.45) is 1.93. The minimum Gasteiger partial charge on any atom is -0.261 e. The third kappa shape index (κ3) is 2.33. The van der Waals surface area contributed by atoms with E-state index in [0.29, 0.717) is 0 Å². The lowest BCUT2D eigenvalue weighted by molar-refractivity contribution is 1.17. The third-order valence-electron chi connectivity index (χ3n) is 2.66. The first-order chi connectivity index (χ1) is 7.70. The van der Waals surface area contributed by atoms with E-state index in [2.05, 4.69) is 58.2 Å². The number of pyridine rings is 1. The van der Waals surface area contributed by atoms with Crippen LogP contribution in [0.25, 0.3) is 11.1 Å². The Balaban J connectivity index is 2.45. The highest BCUT2D eigenvalue weighted by Crippen LogP contribution is 2.24. The minimum atomic E-state index is 0.904. The van der Waals surface area contributed by atoms with Gasteiger partial charge in [0.15, 0.2) is 0 Å². The smallest absolute Gasteiger partial charge is 0.0379 e. The van der Waals surface area contributed by atoms with Gasteiger partial charge in [-0.2, -0.15) is 0 Å². The molecule has 0 saturated carbocycles. The van der Waals surface area contributed by atoms with Gasteiger partial charge in [0, 0.05) is 17.2 Å². The van der Waals surface area contributed by atoms with Gasteiger partial charge in [0.05, 0.1) is 0 Å². The van der Waals surface area contributed by atoms with E-state index in [0.717, 1.165) is 11.0 Å². The average Bonchev–Trinajstić information content (AvgIpc) is 2.32. The molecule has 1 aromatic heterocycles. The highest BCUT2D eigenvalue weighted by atomic mass is 79.9. The molecule has 0 aliphatic heterocycles. The van der Waals surface area contributed by atoms with Crippen LogP contribution in [-0.2, 0) is 5.33 Å². The number of hydrogen-bond donors (Lipinski definition) is 0. The van der Waals surface area contributed by atoms with Crippen LogP contribution in [0.3, 0.4) is 0 Å². The maximum absolute atomic E-state index is 4.29. The second-order valence-corrected chi connectivity index (χ2v) is 4.53. The van der Waals surface area contributed by atoms with Gasteiger partial charge >= 0.3 is 0 Å². The van der Waals surface area contributed by atoms with Crippen LogP contribution < -0.4 is 0 Å². The molecule has 0 fully saturated rings. The van der Waals surface area contributed by atoms with Crippen LogP contribution in [0, 0.1) is 13.8 Å². The van der Waals surface area contributed by atoms with E-state index in [1.54, 1.807) is 0 Å². The molecule has 1 aromatic carbocycles. The maximum Gasteiger partial charge on any atom is 0.0379 e. The molecule has 16 heavy (non-hydrogen) atoms. The second-order valence-electron chi connectivity index (χ2n) is 3.97. The standard InChI is InChI=1S/C14H14BrN/c1-10-9-16-11(2)7-14(10)13-5-3-12(8-15)4-6-13/h3-7,9H,8H2,1-2H3. The number of halogens is 1. The Kier molecular flexibility index (Phi) is 3.39. The number of alkyl halides is 1. The summed E-state index contributed by atoms with van der Waals surface area (Å²) in [7, 11) is 0. The van der Waals surface area contributed by atoms with Crippen molar-refractivity contribution in [2.75, 3.05) is 0 Å². The van der Waals surface area contributed by atoms with Crippen LogP contribution in [0.2, 0.25) is 0 Å². The van der Waals surface area contributed by atoms with Crippen LogP contribution >= 0.6 is 15.9 Å². The fourth-order valence-electron chi connectivity index (χ4n) is 1.71. The topological polar surface area (TPSA) is 12.9 Å². The van der Waals surface area contributed by atoms with Crippen LogP contribution in [0.15, 0.2) is 36.5 Å². The molecule has 2 aromatic rings. The molecule has 0 aliphatic rings. The quantitative estimate of drug-likeness (QED) is 0.747. The van der Waals surface area contributed by atoms with Gasteiger partial charge in [-0.25, -0.2) is 0 Å². The SMILES string of the molecule is Cc1cc(-c2ccc(CBr)cc2)c(C)cn1. The van der Waals surface area contributed by atoms with Crippen molar-refractivity contribution in [2.45, 2.75) is 19.2 Å². The Labute approximate surface area is 105 Å². The first-order valence-corrected chi connectivity index (χ1v) is 6.41. The maximum atomic E-state index is 4.29. The molecule has 82 valence electrons. The summed E-state index contributed by atoms with van der Waals surface area (Å²) in [5.41, 5.74) is 6.11. The van der Waals surface area contributed by atoms with Gasteiger partial charge in [0.25, 0.3) is 0 Å². The molecule has 2 rings (SSSR count). The predicted molar refractivity (Wildman–Crippen MR) is 71.8 cm³/mol. The number of hydrogen-bond acceptors (Lipinski definition) is 1. The lowest BCUT2D eigenvalue weighted by Gasteiger charge is -2.07. The van der Waals surface area contributed by atoms with Crippen LogP contribution in [0.5, 0.6) is 0 Å². The van der Waals surface area contributed by atoms with Crippen molar-refractivity contribution in [3.63, 3.8) is 0 Å². The predicted octanol–water partition coefficient (Wildman–Crippen LogP) is 4.26. The summed E-state index contributed by atoms with van der Waals surface area (Å²) < 4.78 is 0. The molecule has 0 N–H and O–H groups in total. The van der Waals surface area contributed by atoms with E-state index < -0.39 is 0 Å². The van der Waals surface area contributed by atoms with E-state index in [1.807, 2.05) is 13.1 Å². The van der Waals surface area contributed by atoms with Crippen molar-refractivity contribution < 1.29 is 0 Å². The fraction of sp³-hybridized carbons (Fsp3) is 0.214. The van der Waals surface area contributed by atoms with Gasteiger partial charge in [-0.1, -0.05) is 40.2 Å². The van der Waals surface area contributed by atoms with E-state index in [-0.39, 0.29) is 0 Å². The summed E-state index contributed by atoms with van der Waals surface area (Å²) in [4.78, 5) is 4.29. The minimum absolute atomic E-state index is 0.904. The molecular weight excluding hydrogens is 262 g/mol. The molecular formula is C14H14BrN. The van der Waals surface area contributed by atoms with Gasteiger partial charge in [-0.05, 0) is 42.2 Å². The van der Waals surface area contributed by atoms with Crippen LogP contribution in [0.4, 0.5) is 0 Å². The molecule has 0 radical (unpaired) electrons. The zero-order valence-corrected chi connectivity index (χ0v) is 11.1. The normalized spacial score (nSPS) is 10.4. The van der Waals surface area contributed by atoms with Crippen molar-refractivity contribution in [1.82, 2.24) is 4.98 Å². The molecule has 0 unspecified atom stereocenters. The summed E-state index contributed by atoms with van der Waals surface area (Å²) >= 11 is 3.45. The number of aryl methyl sites for hydroxylation is 2. The number of benzene rings is 1. The molecule has 1 heterocycles. The summed E-state index contributed by atoms with van der Waals surface area (Å²) in [6.45, 7) is 4.12. The number of rotatable bonds is 2. The van der Waals surface area contributed by atoms with Crippen LogP contribution in [0.1, 0.15) is 16.8 Å². The van der Waals surface area contributed by atoms with Gasteiger partial charge in [-0.15, -0.1) is 0 Å². The number of nitrogens with zero attached hydrogens (tertiary/aromatic N) is 1. The van der Waals surface area contributed by atoms with Gasteiger partial charge in [0.2, 0.25) is 0 Å². The summed E-state index contributed by atoms with van der Waals surface area (Å²) in [5.74, 6) is 0. The largest absolute Gasteiger partial charge is 0.261 e. The molecule has 0 bridgehead atoms. The van der Waals surface area contributed by atoms with Gasteiger partial charge in [-0.3, -0.25) is 4.98 Å². The van der Waals surface area contributed by atoms with Gasteiger partial charge < -0.3 is 0 Å². The van der Waals surface area contributed by atoms with E-state index >= 15 is 0 Å². The lowest BCUT2D eigenvalue weighted by atomic mass is 10.0. The molecule has 0 saturated heterocycles. The Bertz CT molecular complexity index is 489. The summed E-state index contributed by atoms with van der Waals surface area (Å²) in [5, 5.41) is 0.904. The Morgan fingerprint density at radius 3 is 2.44 bits per heavy atom. The van der Waals surface area contributed by atoms with E-state index in [4.69, 9.17) is 0 Å². The fourth-order valence-corrected chi connectivity index (χ4v) is 2.09. The molecule has 0 amide bonds. The van der Waals surface area contributed by atoms with Crippen molar-refractivity contribution in [1.29, 1.82) is 0 Å². The lowest BCUT2D eigenvalue weighted by Crippen LogP contribution is -1.88. The van der Waals surface area contributed by atoms with E-state index in [1.165, 1.54) is 22.3 Å². The first kappa shape index (κ1) is 11.3. The average molecular weight is 276 g/mol. The van der Waals surface area contributed by atoms with Crippen molar-refractivity contribution in [2.24, 2.45) is 0 Å². The second kappa shape index (κ2) is 4.79. The monoisotopic (exact) mass is 275 g/mol. The molecule has 0 aliphatic carbocycles. The highest BCUT2D eigenvalue weighted by Gasteiger charge is 2.02. The third-order valence-corrected chi connectivity index (χ3v) is 3.31. The Morgan fingerprint density at radius 2 is 1.81 bits per heavy atom. The molecule has 0 atom stereocenters. The van der Waals surface area contributed by atoms with Crippen molar-refractivity contribution in [3.8, 4) is 11.1 Å². The number of aromatic nitrogens is 1. The highest BCUT2D eigenvalue weighted by molar-refractivity contribution is 9.08. The van der Waals surface area contributed by atoms with Crippen LogP contribution in [-0.4, -0.2) is 4.98 Å². The Hall–Kier alpha value is -1.15. The molecule has 0 spiro atoms. The van der Waals surface area contributed by atoms with Crippen molar-refractivity contribution >= 4 is 15.9 Å². The van der Waals surface area contributed by atoms with Gasteiger partial charge in [0.1, 0.15) is 0 Å². The molecule has 2 heteroatoms. The van der Waals surface area contributed by atoms with E-state index in [9.17, 15) is 0 Å². The molecule has 1 nitrogen and oxygen atoms in total. The first-order valence-electron chi connectivity index (χ1n) is 5.29.